The highest BCUT2D eigenvalue weighted by Crippen LogP contribution is 2.13. The monoisotopic (exact) mass is 338 g/mol. The third-order valence-electron chi connectivity index (χ3n) is 4.19. The van der Waals surface area contributed by atoms with Gasteiger partial charge in [-0.2, -0.15) is 0 Å². The summed E-state index contributed by atoms with van der Waals surface area (Å²) in [4.78, 5) is 14.7. The number of hydrogen-bond acceptors (Lipinski definition) is 4. The third kappa shape index (κ3) is 5.62. The number of nitrogens with zero attached hydrogens (tertiary/aromatic N) is 1. The van der Waals surface area contributed by atoms with E-state index in [9.17, 15) is 13.2 Å². The van der Waals surface area contributed by atoms with E-state index in [1.54, 1.807) is 30.3 Å². The molecule has 0 bridgehead atoms. The van der Waals surface area contributed by atoms with Crippen molar-refractivity contribution >= 4 is 15.7 Å². The molecule has 5 nitrogen and oxygen atoms in total. The molecule has 1 N–H and O–H groups in total. The number of likely N-dealkylation sites (tertiary alicyclic amines) is 1. The predicted octanol–water partition coefficient (Wildman–Crippen LogP) is 1.84. The number of nitrogens with one attached hydrogen (secondary N) is 1. The molecule has 0 atom stereocenters. The van der Waals surface area contributed by atoms with Gasteiger partial charge in [-0.3, -0.25) is 4.79 Å². The number of rotatable bonds is 7. The zero-order chi connectivity index (χ0) is 16.7. The van der Waals surface area contributed by atoms with Gasteiger partial charge in [-0.15, -0.1) is 0 Å². The number of carbonyl (C=O) groups excluding carboxylic acids is 1. The maximum atomic E-state index is 12.2. The van der Waals surface area contributed by atoms with Crippen molar-refractivity contribution < 1.29 is 13.2 Å². The minimum Gasteiger partial charge on any atom is -0.353 e. The molecule has 1 aromatic carbocycles. The summed E-state index contributed by atoms with van der Waals surface area (Å²) in [5.74, 6) is -0.309. The highest BCUT2D eigenvalue weighted by atomic mass is 32.2. The molecule has 1 fully saturated rings. The predicted molar refractivity (Wildman–Crippen MR) is 91.0 cm³/mol. The Kier molecular flexibility index (Phi) is 6.59. The van der Waals surface area contributed by atoms with Gasteiger partial charge in [0.05, 0.1) is 10.6 Å². The highest BCUT2D eigenvalue weighted by molar-refractivity contribution is 7.91. The topological polar surface area (TPSA) is 66.5 Å². The molecule has 6 heteroatoms. The Labute approximate surface area is 139 Å². The lowest BCUT2D eigenvalue weighted by molar-refractivity contribution is -0.121. The zero-order valence-corrected chi connectivity index (χ0v) is 14.5. The van der Waals surface area contributed by atoms with Gasteiger partial charge in [-0.05, 0) is 37.9 Å². The van der Waals surface area contributed by atoms with Crippen LogP contribution in [0.25, 0.3) is 0 Å². The van der Waals surface area contributed by atoms with Crippen LogP contribution in [0, 0.1) is 0 Å². The van der Waals surface area contributed by atoms with Crippen molar-refractivity contribution in [3.05, 3.63) is 30.3 Å². The molecule has 0 aromatic heterocycles. The number of sulfone groups is 1. The Morgan fingerprint density at radius 3 is 2.48 bits per heavy atom. The first-order valence-electron chi connectivity index (χ1n) is 8.31. The minimum atomic E-state index is -3.38. The van der Waals surface area contributed by atoms with Gasteiger partial charge in [0.1, 0.15) is 0 Å². The van der Waals surface area contributed by atoms with E-state index >= 15 is 0 Å². The number of benzene rings is 1. The van der Waals surface area contributed by atoms with Crippen LogP contribution < -0.4 is 5.32 Å². The van der Waals surface area contributed by atoms with Gasteiger partial charge in [-0.25, -0.2) is 8.42 Å². The molecule has 0 saturated carbocycles. The van der Waals surface area contributed by atoms with Crippen molar-refractivity contribution in [1.82, 2.24) is 10.2 Å². The zero-order valence-electron chi connectivity index (χ0n) is 13.7. The van der Waals surface area contributed by atoms with Crippen LogP contribution >= 0.6 is 0 Å². The molecule has 128 valence electrons. The van der Waals surface area contributed by atoms with E-state index in [0.717, 1.165) is 38.9 Å². The second-order valence-electron chi connectivity index (χ2n) is 6.07. The quantitative estimate of drug-likeness (QED) is 0.824. The molecular formula is C17H26N2O3S. The van der Waals surface area contributed by atoms with E-state index in [0.29, 0.717) is 0 Å². The van der Waals surface area contributed by atoms with E-state index in [-0.39, 0.29) is 29.0 Å². The van der Waals surface area contributed by atoms with Crippen LogP contribution in [0.3, 0.4) is 0 Å². The van der Waals surface area contributed by atoms with Crippen LogP contribution in [0.4, 0.5) is 0 Å². The number of amides is 1. The Bertz CT molecular complexity index is 594. The number of piperidine rings is 1. The van der Waals surface area contributed by atoms with Crippen molar-refractivity contribution in [3.8, 4) is 0 Å². The van der Waals surface area contributed by atoms with Crippen LogP contribution in [-0.4, -0.2) is 50.7 Å². The largest absolute Gasteiger partial charge is 0.353 e. The molecule has 1 aromatic rings. The first-order chi connectivity index (χ1) is 11.0. The third-order valence-corrected chi connectivity index (χ3v) is 5.92. The van der Waals surface area contributed by atoms with Crippen molar-refractivity contribution in [2.24, 2.45) is 0 Å². The lowest BCUT2D eigenvalue weighted by atomic mass is 10.0. The molecule has 1 aliphatic rings. The van der Waals surface area contributed by atoms with Gasteiger partial charge in [0.25, 0.3) is 0 Å². The van der Waals surface area contributed by atoms with Gasteiger partial charge in [0, 0.05) is 25.6 Å². The van der Waals surface area contributed by atoms with Crippen molar-refractivity contribution in [1.29, 1.82) is 0 Å². The number of hydrogen-bond donors (Lipinski definition) is 1. The van der Waals surface area contributed by atoms with E-state index in [1.165, 1.54) is 0 Å². The number of carbonyl (C=O) groups is 1. The average molecular weight is 338 g/mol. The Hall–Kier alpha value is -1.40. The standard InChI is InChI=1S/C17H26N2O3S/c1-2-11-19-12-8-15(9-13-19)18-17(20)10-14-23(21,22)16-6-4-3-5-7-16/h3-7,15H,2,8-14H2,1H3,(H,18,20). The maximum Gasteiger partial charge on any atom is 0.221 e. The average Bonchev–Trinajstić information content (AvgIpc) is 2.56. The summed E-state index contributed by atoms with van der Waals surface area (Å²) >= 11 is 0. The van der Waals surface area contributed by atoms with E-state index in [1.807, 2.05) is 0 Å². The van der Waals surface area contributed by atoms with Gasteiger partial charge in [0.2, 0.25) is 5.91 Å². The molecular weight excluding hydrogens is 312 g/mol. The summed E-state index contributed by atoms with van der Waals surface area (Å²) in [6.07, 6.45) is 3.05. The van der Waals surface area contributed by atoms with Gasteiger partial charge in [-0.1, -0.05) is 25.1 Å². The molecule has 1 aliphatic heterocycles. The van der Waals surface area contributed by atoms with Crippen LogP contribution in [0.1, 0.15) is 32.6 Å². The smallest absolute Gasteiger partial charge is 0.221 e. The fraction of sp³-hybridized carbons (Fsp3) is 0.588. The normalized spacial score (nSPS) is 17.1. The van der Waals surface area contributed by atoms with Gasteiger partial charge in [0.15, 0.2) is 9.84 Å². The van der Waals surface area contributed by atoms with Crippen molar-refractivity contribution in [2.75, 3.05) is 25.4 Å². The lowest BCUT2D eigenvalue weighted by Crippen LogP contribution is -2.45. The van der Waals surface area contributed by atoms with E-state index in [4.69, 9.17) is 0 Å². The summed E-state index contributed by atoms with van der Waals surface area (Å²) in [7, 11) is -3.38. The summed E-state index contributed by atoms with van der Waals surface area (Å²) in [6, 6.07) is 8.47. The van der Waals surface area contributed by atoms with Gasteiger partial charge < -0.3 is 10.2 Å². The fourth-order valence-electron chi connectivity index (χ4n) is 2.89. The molecule has 1 saturated heterocycles. The lowest BCUT2D eigenvalue weighted by Gasteiger charge is -2.32. The first kappa shape index (κ1) is 17.9. The Balaban J connectivity index is 1.76. The van der Waals surface area contributed by atoms with Crippen LogP contribution in [0.2, 0.25) is 0 Å². The molecule has 0 spiro atoms. The second kappa shape index (κ2) is 8.45. The molecule has 1 heterocycles. The summed E-state index contributed by atoms with van der Waals surface area (Å²) in [5.41, 5.74) is 0. The fourth-order valence-corrected chi connectivity index (χ4v) is 4.15. The van der Waals surface area contributed by atoms with Gasteiger partial charge >= 0.3 is 0 Å². The molecule has 1 amide bonds. The molecule has 0 aliphatic carbocycles. The summed E-state index contributed by atoms with van der Waals surface area (Å²) < 4.78 is 24.3. The summed E-state index contributed by atoms with van der Waals surface area (Å²) in [5, 5.41) is 2.98. The highest BCUT2D eigenvalue weighted by Gasteiger charge is 2.21. The Morgan fingerprint density at radius 2 is 1.87 bits per heavy atom. The second-order valence-corrected chi connectivity index (χ2v) is 8.17. The van der Waals surface area contributed by atoms with E-state index in [2.05, 4.69) is 17.1 Å². The SMILES string of the molecule is CCCN1CCC(NC(=O)CCS(=O)(=O)c2ccccc2)CC1. The van der Waals surface area contributed by atoms with Crippen molar-refractivity contribution in [3.63, 3.8) is 0 Å². The summed E-state index contributed by atoms with van der Waals surface area (Å²) in [6.45, 7) is 5.28. The molecule has 0 radical (unpaired) electrons. The van der Waals surface area contributed by atoms with Crippen LogP contribution in [-0.2, 0) is 14.6 Å². The van der Waals surface area contributed by atoms with E-state index < -0.39 is 9.84 Å². The molecule has 23 heavy (non-hydrogen) atoms. The maximum absolute atomic E-state index is 12.2. The Morgan fingerprint density at radius 1 is 1.22 bits per heavy atom. The first-order valence-corrected chi connectivity index (χ1v) is 9.96. The van der Waals surface area contributed by atoms with Crippen LogP contribution in [0.15, 0.2) is 35.2 Å². The molecule has 2 rings (SSSR count). The molecule has 0 unspecified atom stereocenters. The van der Waals surface area contributed by atoms with Crippen molar-refractivity contribution in [2.45, 2.75) is 43.5 Å². The van der Waals surface area contributed by atoms with Crippen LogP contribution in [0.5, 0.6) is 0 Å². The minimum absolute atomic E-state index is 0.0202.